The van der Waals surface area contributed by atoms with Gasteiger partial charge in [-0.2, -0.15) is 0 Å². The molecule has 1 aliphatic rings. The highest BCUT2D eigenvalue weighted by molar-refractivity contribution is 5.99. The molecule has 0 bridgehead atoms. The number of carbonyl (C=O) groups is 2. The highest BCUT2D eigenvalue weighted by Gasteiger charge is 2.25. The maximum atomic E-state index is 13.7. The van der Waals surface area contributed by atoms with Crippen LogP contribution < -0.4 is 15.4 Å². The van der Waals surface area contributed by atoms with E-state index in [1.54, 1.807) is 24.3 Å². The molecule has 0 spiro atoms. The number of hydrogen-bond acceptors (Lipinski definition) is 3. The number of halogens is 2. The Morgan fingerprint density at radius 2 is 1.92 bits per heavy atom. The van der Waals surface area contributed by atoms with Gasteiger partial charge in [-0.05, 0) is 42.8 Å². The molecule has 0 saturated carbocycles. The van der Waals surface area contributed by atoms with Crippen molar-refractivity contribution < 1.29 is 23.1 Å². The van der Waals surface area contributed by atoms with Gasteiger partial charge in [0.1, 0.15) is 12.4 Å². The zero-order valence-corrected chi connectivity index (χ0v) is 13.7. The highest BCUT2D eigenvalue weighted by atomic mass is 19.1. The van der Waals surface area contributed by atoms with Gasteiger partial charge in [0.05, 0.1) is 6.04 Å². The molecule has 2 aromatic rings. The third kappa shape index (κ3) is 3.88. The van der Waals surface area contributed by atoms with Gasteiger partial charge in [-0.25, -0.2) is 8.78 Å². The van der Waals surface area contributed by atoms with Crippen LogP contribution in [0.15, 0.2) is 49.1 Å². The lowest BCUT2D eigenvalue weighted by atomic mass is 10.0. The first-order valence-electron chi connectivity index (χ1n) is 7.91. The molecule has 2 aromatic carbocycles. The molecule has 26 heavy (non-hydrogen) atoms. The SMILES string of the molecule is C=CC(=O)Nc1ccc(C(=O)NC2COc3c(F)cc(F)cc3C2)cc1. The number of ether oxygens (including phenoxy) is 1. The molecular weight excluding hydrogens is 342 g/mol. The standard InChI is InChI=1S/C19H16F2N2O3/c1-2-17(24)22-14-5-3-11(4-6-14)19(25)23-15-8-12-7-13(20)9-16(21)18(12)26-10-15/h2-7,9,15H,1,8,10H2,(H,22,24)(H,23,25). The van der Waals surface area contributed by atoms with Crippen LogP contribution in [0.5, 0.6) is 5.75 Å². The topological polar surface area (TPSA) is 67.4 Å². The molecule has 7 heteroatoms. The van der Waals surface area contributed by atoms with Crippen LogP contribution in [-0.2, 0) is 11.2 Å². The van der Waals surface area contributed by atoms with Crippen molar-refractivity contribution in [3.05, 3.63) is 71.8 Å². The minimum absolute atomic E-state index is 0.0270. The number of nitrogens with one attached hydrogen (secondary N) is 2. The number of hydrogen-bond donors (Lipinski definition) is 2. The van der Waals surface area contributed by atoms with E-state index in [1.165, 1.54) is 6.07 Å². The monoisotopic (exact) mass is 358 g/mol. The Morgan fingerprint density at radius 1 is 1.19 bits per heavy atom. The van der Waals surface area contributed by atoms with Crippen LogP contribution in [0, 0.1) is 11.6 Å². The van der Waals surface area contributed by atoms with Crippen molar-refractivity contribution in [2.24, 2.45) is 0 Å². The van der Waals surface area contributed by atoms with Gasteiger partial charge in [-0.1, -0.05) is 6.58 Å². The van der Waals surface area contributed by atoms with Crippen LogP contribution in [-0.4, -0.2) is 24.5 Å². The third-order valence-electron chi connectivity index (χ3n) is 3.92. The average molecular weight is 358 g/mol. The fourth-order valence-corrected chi connectivity index (χ4v) is 2.69. The summed E-state index contributed by atoms with van der Waals surface area (Å²) in [6, 6.07) is 7.87. The first-order valence-corrected chi connectivity index (χ1v) is 7.91. The van der Waals surface area contributed by atoms with Crippen molar-refractivity contribution in [1.29, 1.82) is 0 Å². The molecule has 1 unspecified atom stereocenters. The number of anilines is 1. The second-order valence-corrected chi connectivity index (χ2v) is 5.83. The zero-order valence-electron chi connectivity index (χ0n) is 13.7. The summed E-state index contributed by atoms with van der Waals surface area (Å²) in [5.74, 6) is -2.10. The van der Waals surface area contributed by atoms with Gasteiger partial charge in [-0.3, -0.25) is 9.59 Å². The van der Waals surface area contributed by atoms with Crippen molar-refractivity contribution in [2.45, 2.75) is 12.5 Å². The molecule has 0 saturated heterocycles. The predicted molar refractivity (Wildman–Crippen MR) is 92.1 cm³/mol. The summed E-state index contributed by atoms with van der Waals surface area (Å²) in [5.41, 5.74) is 1.30. The van der Waals surface area contributed by atoms with Gasteiger partial charge in [-0.15, -0.1) is 0 Å². The Bertz CT molecular complexity index is 866. The maximum Gasteiger partial charge on any atom is 0.251 e. The first kappa shape index (κ1) is 17.6. The van der Waals surface area contributed by atoms with Crippen LogP contribution in [0.1, 0.15) is 15.9 Å². The molecule has 0 aliphatic carbocycles. The first-order chi connectivity index (χ1) is 12.5. The summed E-state index contributed by atoms with van der Waals surface area (Å²) in [6.45, 7) is 3.45. The van der Waals surface area contributed by atoms with Crippen molar-refractivity contribution in [1.82, 2.24) is 5.32 Å². The van der Waals surface area contributed by atoms with Crippen molar-refractivity contribution >= 4 is 17.5 Å². The number of carbonyl (C=O) groups excluding carboxylic acids is 2. The number of amides is 2. The molecule has 2 N–H and O–H groups in total. The molecule has 3 rings (SSSR count). The summed E-state index contributed by atoms with van der Waals surface area (Å²) < 4.78 is 32.3. The average Bonchev–Trinajstić information content (AvgIpc) is 2.61. The van der Waals surface area contributed by atoms with Crippen LogP contribution in [0.2, 0.25) is 0 Å². The lowest BCUT2D eigenvalue weighted by molar-refractivity contribution is -0.111. The van der Waals surface area contributed by atoms with Gasteiger partial charge < -0.3 is 15.4 Å². The summed E-state index contributed by atoms with van der Waals surface area (Å²) in [6.07, 6.45) is 1.41. The minimum atomic E-state index is -0.748. The van der Waals surface area contributed by atoms with E-state index in [2.05, 4.69) is 17.2 Å². The van der Waals surface area contributed by atoms with E-state index in [1.807, 2.05) is 0 Å². The van der Waals surface area contributed by atoms with Gasteiger partial charge in [0, 0.05) is 22.9 Å². The lowest BCUT2D eigenvalue weighted by Crippen LogP contribution is -2.43. The maximum absolute atomic E-state index is 13.7. The normalized spacial score (nSPS) is 15.4. The third-order valence-corrected chi connectivity index (χ3v) is 3.92. The van der Waals surface area contributed by atoms with E-state index < -0.39 is 17.7 Å². The minimum Gasteiger partial charge on any atom is -0.488 e. The van der Waals surface area contributed by atoms with Crippen molar-refractivity contribution in [2.75, 3.05) is 11.9 Å². The molecule has 0 fully saturated rings. The molecule has 1 heterocycles. The molecule has 0 aromatic heterocycles. The molecule has 1 aliphatic heterocycles. The van der Waals surface area contributed by atoms with Gasteiger partial charge >= 0.3 is 0 Å². The molecule has 2 amide bonds. The summed E-state index contributed by atoms with van der Waals surface area (Å²) in [4.78, 5) is 23.6. The molecule has 1 atom stereocenters. The lowest BCUT2D eigenvalue weighted by Gasteiger charge is -2.26. The summed E-state index contributed by atoms with van der Waals surface area (Å²) in [7, 11) is 0. The quantitative estimate of drug-likeness (QED) is 0.826. The summed E-state index contributed by atoms with van der Waals surface area (Å²) >= 11 is 0. The van der Waals surface area contributed by atoms with Crippen LogP contribution in [0.3, 0.4) is 0 Å². The van der Waals surface area contributed by atoms with E-state index in [0.717, 1.165) is 12.1 Å². The molecule has 0 radical (unpaired) electrons. The van der Waals surface area contributed by atoms with Gasteiger partial charge in [0.2, 0.25) is 5.91 Å². The van der Waals surface area contributed by atoms with Crippen molar-refractivity contribution in [3.63, 3.8) is 0 Å². The Labute approximate surface area is 148 Å². The fourth-order valence-electron chi connectivity index (χ4n) is 2.69. The number of benzene rings is 2. The molecule has 134 valence electrons. The Balaban J connectivity index is 1.65. The number of fused-ring (bicyclic) bond motifs is 1. The van der Waals surface area contributed by atoms with Crippen molar-refractivity contribution in [3.8, 4) is 5.75 Å². The second kappa shape index (κ2) is 7.35. The summed E-state index contributed by atoms with van der Waals surface area (Å²) in [5, 5.41) is 5.35. The van der Waals surface area contributed by atoms with Gasteiger partial charge in [0.25, 0.3) is 5.91 Å². The largest absolute Gasteiger partial charge is 0.488 e. The number of rotatable bonds is 4. The highest BCUT2D eigenvalue weighted by Crippen LogP contribution is 2.29. The van der Waals surface area contributed by atoms with E-state index >= 15 is 0 Å². The van der Waals surface area contributed by atoms with E-state index in [-0.39, 0.29) is 30.6 Å². The molecular formula is C19H16F2N2O3. The Hall–Kier alpha value is -3.22. The van der Waals surface area contributed by atoms with Crippen LogP contribution >= 0.6 is 0 Å². The smallest absolute Gasteiger partial charge is 0.251 e. The van der Waals surface area contributed by atoms with E-state index in [9.17, 15) is 18.4 Å². The Kier molecular flexibility index (Phi) is 4.97. The van der Waals surface area contributed by atoms with E-state index in [0.29, 0.717) is 16.8 Å². The predicted octanol–water partition coefficient (Wildman–Crippen LogP) is 2.82. The zero-order chi connectivity index (χ0) is 18.7. The fraction of sp³-hybridized carbons (Fsp3) is 0.158. The Morgan fingerprint density at radius 3 is 2.62 bits per heavy atom. The van der Waals surface area contributed by atoms with Crippen LogP contribution in [0.4, 0.5) is 14.5 Å². The molecule has 5 nitrogen and oxygen atoms in total. The van der Waals surface area contributed by atoms with Crippen LogP contribution in [0.25, 0.3) is 0 Å². The van der Waals surface area contributed by atoms with E-state index in [4.69, 9.17) is 4.74 Å². The van der Waals surface area contributed by atoms with Gasteiger partial charge in [0.15, 0.2) is 11.6 Å². The second-order valence-electron chi connectivity index (χ2n) is 5.83.